The number of hydrogen-bond acceptors (Lipinski definition) is 4. The van der Waals surface area contributed by atoms with Crippen LogP contribution in [0.1, 0.15) is 25.8 Å². The van der Waals surface area contributed by atoms with Gasteiger partial charge in [-0.2, -0.15) is 5.10 Å². The third-order valence-electron chi connectivity index (χ3n) is 3.48. The Balaban J connectivity index is 1.94. The zero-order valence-corrected chi connectivity index (χ0v) is 13.4. The van der Waals surface area contributed by atoms with Crippen molar-refractivity contribution in [1.82, 2.24) is 15.1 Å². The van der Waals surface area contributed by atoms with Crippen molar-refractivity contribution in [2.75, 3.05) is 6.54 Å². The number of aryl methyl sites for hydroxylation is 1. The summed E-state index contributed by atoms with van der Waals surface area (Å²) in [6.07, 6.45) is 2.60. The largest absolute Gasteiger partial charge is 0.481 e. The predicted molar refractivity (Wildman–Crippen MR) is 84.3 cm³/mol. The van der Waals surface area contributed by atoms with E-state index in [1.54, 1.807) is 25.2 Å². The molecular formula is C15H21N3O2S. The second kappa shape index (κ2) is 6.41. The van der Waals surface area contributed by atoms with Gasteiger partial charge in [0.25, 0.3) is 0 Å². The number of carboxylic acids is 1. The maximum absolute atomic E-state index is 11.1. The zero-order chi connectivity index (χ0) is 15.5. The van der Waals surface area contributed by atoms with Crippen LogP contribution in [-0.2, 0) is 18.4 Å². The molecule has 0 saturated carbocycles. The molecule has 2 N–H and O–H groups in total. The fourth-order valence-corrected chi connectivity index (χ4v) is 2.76. The second-order valence-electron chi connectivity index (χ2n) is 5.77. The minimum absolute atomic E-state index is 0.594. The lowest BCUT2D eigenvalue weighted by molar-refractivity contribution is -0.147. The molecule has 6 heteroatoms. The normalized spacial score (nSPS) is 11.8. The molecule has 0 aromatic carbocycles. The van der Waals surface area contributed by atoms with Crippen LogP contribution in [0.3, 0.4) is 0 Å². The Hall–Kier alpha value is -1.66. The van der Waals surface area contributed by atoms with Gasteiger partial charge in [-0.25, -0.2) is 0 Å². The van der Waals surface area contributed by atoms with E-state index in [1.165, 1.54) is 0 Å². The Morgan fingerprint density at radius 3 is 2.90 bits per heavy atom. The first kappa shape index (κ1) is 15.7. The number of carboxylic acid groups (broad SMARTS) is 1. The van der Waals surface area contributed by atoms with E-state index in [1.807, 2.05) is 29.4 Å². The standard InChI is InChI=1S/C15H21N3O2S/c1-15(2,14(19)20)6-7-16-9-11-10-18(3)17-13(11)12-5-4-8-21-12/h4-5,8,10,16H,6-7,9H2,1-3H3,(H,19,20). The van der Waals surface area contributed by atoms with Gasteiger partial charge in [0, 0.05) is 25.4 Å². The van der Waals surface area contributed by atoms with Gasteiger partial charge in [-0.05, 0) is 38.3 Å². The van der Waals surface area contributed by atoms with Gasteiger partial charge >= 0.3 is 5.97 Å². The molecule has 0 aliphatic heterocycles. The molecule has 2 aromatic rings. The lowest BCUT2D eigenvalue weighted by atomic mass is 9.90. The first-order chi connectivity index (χ1) is 9.90. The molecule has 2 aromatic heterocycles. The molecule has 2 rings (SSSR count). The van der Waals surface area contributed by atoms with Crippen molar-refractivity contribution in [3.63, 3.8) is 0 Å². The van der Waals surface area contributed by atoms with Crippen molar-refractivity contribution in [2.24, 2.45) is 12.5 Å². The number of aromatic nitrogens is 2. The number of hydrogen-bond donors (Lipinski definition) is 2. The van der Waals surface area contributed by atoms with Crippen LogP contribution in [0.25, 0.3) is 10.6 Å². The Kier molecular flexibility index (Phi) is 4.80. The summed E-state index contributed by atoms with van der Waals surface area (Å²) in [5.74, 6) is -0.759. The van der Waals surface area contributed by atoms with Gasteiger partial charge < -0.3 is 10.4 Å². The Bertz CT molecular complexity index is 602. The highest BCUT2D eigenvalue weighted by atomic mass is 32.1. The average molecular weight is 307 g/mol. The molecular weight excluding hydrogens is 286 g/mol. The number of nitrogens with zero attached hydrogens (tertiary/aromatic N) is 2. The van der Waals surface area contributed by atoms with E-state index in [2.05, 4.69) is 16.5 Å². The van der Waals surface area contributed by atoms with Crippen molar-refractivity contribution in [2.45, 2.75) is 26.8 Å². The third-order valence-corrected chi connectivity index (χ3v) is 4.36. The highest BCUT2D eigenvalue weighted by molar-refractivity contribution is 7.13. The molecule has 0 unspecified atom stereocenters. The van der Waals surface area contributed by atoms with Crippen molar-refractivity contribution >= 4 is 17.3 Å². The Morgan fingerprint density at radius 1 is 1.52 bits per heavy atom. The molecule has 0 amide bonds. The number of aliphatic carboxylic acids is 1. The molecule has 5 nitrogen and oxygen atoms in total. The van der Waals surface area contributed by atoms with Crippen molar-refractivity contribution in [3.8, 4) is 10.6 Å². The van der Waals surface area contributed by atoms with Crippen LogP contribution < -0.4 is 5.32 Å². The highest BCUT2D eigenvalue weighted by Crippen LogP contribution is 2.26. The maximum atomic E-state index is 11.1. The number of thiophene rings is 1. The van der Waals surface area contributed by atoms with Gasteiger partial charge in [-0.1, -0.05) is 6.07 Å². The molecule has 0 fully saturated rings. The lowest BCUT2D eigenvalue weighted by Gasteiger charge is -2.18. The molecule has 2 heterocycles. The molecule has 0 spiro atoms. The van der Waals surface area contributed by atoms with Crippen molar-refractivity contribution in [1.29, 1.82) is 0 Å². The van der Waals surface area contributed by atoms with E-state index in [9.17, 15) is 4.79 Å². The molecule has 0 aliphatic carbocycles. The fourth-order valence-electron chi connectivity index (χ4n) is 2.02. The van der Waals surface area contributed by atoms with Gasteiger partial charge in [-0.15, -0.1) is 11.3 Å². The van der Waals surface area contributed by atoms with Crippen LogP contribution >= 0.6 is 11.3 Å². The molecule has 0 atom stereocenters. The van der Waals surface area contributed by atoms with Gasteiger partial charge in [0.05, 0.1) is 10.3 Å². The summed E-state index contributed by atoms with van der Waals surface area (Å²) in [5, 5.41) is 18.9. The molecule has 114 valence electrons. The number of rotatable bonds is 7. The van der Waals surface area contributed by atoms with E-state index in [0.29, 0.717) is 19.5 Å². The lowest BCUT2D eigenvalue weighted by Crippen LogP contribution is -2.28. The summed E-state index contributed by atoms with van der Waals surface area (Å²) in [5.41, 5.74) is 1.43. The van der Waals surface area contributed by atoms with Crippen LogP contribution in [0.4, 0.5) is 0 Å². The summed E-state index contributed by atoms with van der Waals surface area (Å²) in [4.78, 5) is 12.2. The van der Waals surface area contributed by atoms with Crippen molar-refractivity contribution < 1.29 is 9.90 Å². The van der Waals surface area contributed by atoms with Gasteiger partial charge in [0.1, 0.15) is 5.69 Å². The third kappa shape index (κ3) is 3.92. The summed E-state index contributed by atoms with van der Waals surface area (Å²) in [6.45, 7) is 4.85. The molecule has 0 radical (unpaired) electrons. The maximum Gasteiger partial charge on any atom is 0.309 e. The van der Waals surface area contributed by atoms with Crippen LogP contribution in [0.2, 0.25) is 0 Å². The van der Waals surface area contributed by atoms with Crippen LogP contribution in [0, 0.1) is 5.41 Å². The van der Waals surface area contributed by atoms with Gasteiger partial charge in [0.2, 0.25) is 0 Å². The molecule has 0 bridgehead atoms. The summed E-state index contributed by atoms with van der Waals surface area (Å²) >= 11 is 1.67. The first-order valence-electron chi connectivity index (χ1n) is 6.90. The smallest absolute Gasteiger partial charge is 0.309 e. The SMILES string of the molecule is Cn1cc(CNCCC(C)(C)C(=O)O)c(-c2cccs2)n1. The first-order valence-corrected chi connectivity index (χ1v) is 7.78. The zero-order valence-electron chi connectivity index (χ0n) is 12.6. The fraction of sp³-hybridized carbons (Fsp3) is 0.467. The molecule has 0 saturated heterocycles. The van der Waals surface area contributed by atoms with Gasteiger partial charge in [0.15, 0.2) is 0 Å². The predicted octanol–water partition coefficient (Wildman–Crippen LogP) is 2.74. The monoisotopic (exact) mass is 307 g/mol. The number of nitrogens with one attached hydrogen (secondary N) is 1. The van der Waals surface area contributed by atoms with Crippen molar-refractivity contribution in [3.05, 3.63) is 29.3 Å². The summed E-state index contributed by atoms with van der Waals surface area (Å²) in [7, 11) is 1.91. The Labute approximate surface area is 128 Å². The van der Waals surface area contributed by atoms with E-state index in [0.717, 1.165) is 16.1 Å². The average Bonchev–Trinajstić information content (AvgIpc) is 3.03. The van der Waals surface area contributed by atoms with E-state index < -0.39 is 11.4 Å². The minimum Gasteiger partial charge on any atom is -0.481 e. The van der Waals surface area contributed by atoms with Crippen LogP contribution in [0.15, 0.2) is 23.7 Å². The van der Waals surface area contributed by atoms with E-state index in [4.69, 9.17) is 5.11 Å². The highest BCUT2D eigenvalue weighted by Gasteiger charge is 2.26. The van der Waals surface area contributed by atoms with Gasteiger partial charge in [-0.3, -0.25) is 9.48 Å². The number of carbonyl (C=O) groups is 1. The quantitative estimate of drug-likeness (QED) is 0.772. The summed E-state index contributed by atoms with van der Waals surface area (Å²) < 4.78 is 1.81. The summed E-state index contributed by atoms with van der Waals surface area (Å²) in [6, 6.07) is 4.07. The molecule has 0 aliphatic rings. The van der Waals surface area contributed by atoms with E-state index in [-0.39, 0.29) is 0 Å². The van der Waals surface area contributed by atoms with E-state index >= 15 is 0 Å². The van der Waals surface area contributed by atoms with Crippen LogP contribution in [0.5, 0.6) is 0 Å². The minimum atomic E-state index is -0.759. The Morgan fingerprint density at radius 2 is 2.29 bits per heavy atom. The van der Waals surface area contributed by atoms with Crippen LogP contribution in [-0.4, -0.2) is 27.4 Å². The second-order valence-corrected chi connectivity index (χ2v) is 6.72. The molecule has 21 heavy (non-hydrogen) atoms. The topological polar surface area (TPSA) is 67.2 Å².